The highest BCUT2D eigenvalue weighted by Crippen LogP contribution is 2.38. The smallest absolute Gasteiger partial charge is 0.203 e. The van der Waals surface area contributed by atoms with E-state index in [1.807, 2.05) is 12.1 Å². The van der Waals surface area contributed by atoms with Crippen LogP contribution in [0.4, 0.5) is 0 Å². The Morgan fingerprint density at radius 1 is 0.962 bits per heavy atom. The van der Waals surface area contributed by atoms with Crippen LogP contribution in [0.1, 0.15) is 16.7 Å². The van der Waals surface area contributed by atoms with Crippen molar-refractivity contribution in [2.24, 2.45) is 0 Å². The number of aromatic amines is 1. The molecular formula is C21H26N2O3. The summed E-state index contributed by atoms with van der Waals surface area (Å²) in [5.41, 5.74) is 4.89. The molecule has 0 unspecified atom stereocenters. The molecule has 26 heavy (non-hydrogen) atoms. The van der Waals surface area contributed by atoms with E-state index in [0.717, 1.165) is 25.1 Å². The number of ether oxygens (including phenoxy) is 3. The summed E-state index contributed by atoms with van der Waals surface area (Å²) in [6.07, 6.45) is 3.07. The van der Waals surface area contributed by atoms with Gasteiger partial charge in [-0.05, 0) is 54.8 Å². The molecule has 5 heteroatoms. The molecule has 0 bridgehead atoms. The van der Waals surface area contributed by atoms with E-state index in [1.165, 1.54) is 22.0 Å². The molecule has 3 aromatic rings. The molecule has 0 atom stereocenters. The average Bonchev–Trinajstić information content (AvgIpc) is 3.06. The third-order valence-electron chi connectivity index (χ3n) is 4.55. The Bertz CT molecular complexity index is 861. The first kappa shape index (κ1) is 18.1. The van der Waals surface area contributed by atoms with Crippen LogP contribution >= 0.6 is 0 Å². The molecule has 0 saturated heterocycles. The van der Waals surface area contributed by atoms with Gasteiger partial charge in [0.25, 0.3) is 0 Å². The van der Waals surface area contributed by atoms with Crippen LogP contribution in [0.5, 0.6) is 17.2 Å². The molecule has 0 spiro atoms. The zero-order chi connectivity index (χ0) is 18.5. The number of aryl methyl sites for hydroxylation is 1. The Morgan fingerprint density at radius 3 is 2.35 bits per heavy atom. The molecule has 2 N–H and O–H groups in total. The second-order valence-corrected chi connectivity index (χ2v) is 6.32. The van der Waals surface area contributed by atoms with Gasteiger partial charge in [0.15, 0.2) is 11.5 Å². The second-order valence-electron chi connectivity index (χ2n) is 6.32. The number of hydrogen-bond acceptors (Lipinski definition) is 4. The van der Waals surface area contributed by atoms with E-state index in [0.29, 0.717) is 17.2 Å². The van der Waals surface area contributed by atoms with Gasteiger partial charge in [-0.3, -0.25) is 0 Å². The molecule has 0 radical (unpaired) electrons. The molecular weight excluding hydrogens is 328 g/mol. The zero-order valence-electron chi connectivity index (χ0n) is 15.8. The van der Waals surface area contributed by atoms with E-state index in [2.05, 4.69) is 41.6 Å². The number of aromatic nitrogens is 1. The van der Waals surface area contributed by atoms with Crippen molar-refractivity contribution in [2.75, 3.05) is 27.9 Å². The van der Waals surface area contributed by atoms with Gasteiger partial charge in [0.1, 0.15) is 0 Å². The Balaban J connectivity index is 1.62. The SMILES string of the molecule is COc1cc(CNCCc2c[nH]c3cc(C)ccc23)cc(OC)c1OC. The first-order chi connectivity index (χ1) is 12.7. The lowest BCUT2D eigenvalue weighted by molar-refractivity contribution is 0.323. The van der Waals surface area contributed by atoms with Crippen LogP contribution < -0.4 is 19.5 Å². The van der Waals surface area contributed by atoms with Crippen LogP contribution in [0.2, 0.25) is 0 Å². The number of nitrogens with one attached hydrogen (secondary N) is 2. The van der Waals surface area contributed by atoms with Gasteiger partial charge >= 0.3 is 0 Å². The second kappa shape index (κ2) is 8.15. The molecule has 0 fully saturated rings. The Hall–Kier alpha value is -2.66. The van der Waals surface area contributed by atoms with Crippen LogP contribution in [-0.4, -0.2) is 32.9 Å². The quantitative estimate of drug-likeness (QED) is 0.604. The monoisotopic (exact) mass is 354 g/mol. The number of rotatable bonds is 8. The molecule has 1 aromatic heterocycles. The van der Waals surface area contributed by atoms with Crippen molar-refractivity contribution < 1.29 is 14.2 Å². The largest absolute Gasteiger partial charge is 0.493 e. The summed E-state index contributed by atoms with van der Waals surface area (Å²) in [7, 11) is 4.88. The van der Waals surface area contributed by atoms with Crippen molar-refractivity contribution in [3.8, 4) is 17.2 Å². The van der Waals surface area contributed by atoms with Gasteiger partial charge in [0, 0.05) is 23.6 Å². The third kappa shape index (κ3) is 3.78. The summed E-state index contributed by atoms with van der Waals surface area (Å²) in [6.45, 7) is 3.73. The fourth-order valence-electron chi connectivity index (χ4n) is 3.20. The topological polar surface area (TPSA) is 55.5 Å². The minimum absolute atomic E-state index is 0.618. The van der Waals surface area contributed by atoms with Gasteiger partial charge in [-0.2, -0.15) is 0 Å². The van der Waals surface area contributed by atoms with Crippen LogP contribution in [0.25, 0.3) is 10.9 Å². The maximum absolute atomic E-state index is 5.41. The molecule has 0 aliphatic carbocycles. The molecule has 0 saturated carbocycles. The van der Waals surface area contributed by atoms with Gasteiger partial charge in [-0.25, -0.2) is 0 Å². The van der Waals surface area contributed by atoms with Crippen molar-refractivity contribution in [3.05, 3.63) is 53.2 Å². The van der Waals surface area contributed by atoms with E-state index in [9.17, 15) is 0 Å². The lowest BCUT2D eigenvalue weighted by Crippen LogP contribution is -2.16. The Morgan fingerprint density at radius 2 is 1.69 bits per heavy atom. The lowest BCUT2D eigenvalue weighted by Gasteiger charge is -2.14. The number of fused-ring (bicyclic) bond motifs is 1. The number of H-pyrrole nitrogens is 1. The molecule has 0 aliphatic heterocycles. The van der Waals surface area contributed by atoms with Crippen molar-refractivity contribution in [1.29, 1.82) is 0 Å². The number of benzene rings is 2. The highest BCUT2D eigenvalue weighted by molar-refractivity contribution is 5.83. The van der Waals surface area contributed by atoms with E-state index in [4.69, 9.17) is 14.2 Å². The van der Waals surface area contributed by atoms with Crippen LogP contribution in [0.15, 0.2) is 36.5 Å². The summed E-state index contributed by atoms with van der Waals surface area (Å²) in [5, 5.41) is 4.79. The predicted octanol–water partition coefficient (Wildman–Crippen LogP) is 3.83. The molecule has 3 rings (SSSR count). The summed E-state index contributed by atoms with van der Waals surface area (Å²) in [4.78, 5) is 3.36. The number of methoxy groups -OCH3 is 3. The van der Waals surface area contributed by atoms with E-state index in [1.54, 1.807) is 21.3 Å². The van der Waals surface area contributed by atoms with Gasteiger partial charge in [-0.1, -0.05) is 12.1 Å². The van der Waals surface area contributed by atoms with Gasteiger partial charge in [0.2, 0.25) is 5.75 Å². The van der Waals surface area contributed by atoms with Crippen molar-refractivity contribution >= 4 is 10.9 Å². The Labute approximate surface area is 154 Å². The number of hydrogen-bond donors (Lipinski definition) is 2. The minimum atomic E-state index is 0.618. The molecule has 0 aliphatic rings. The lowest BCUT2D eigenvalue weighted by atomic mass is 10.1. The van der Waals surface area contributed by atoms with Crippen molar-refractivity contribution in [2.45, 2.75) is 19.9 Å². The highest BCUT2D eigenvalue weighted by Gasteiger charge is 2.13. The first-order valence-corrected chi connectivity index (χ1v) is 8.72. The first-order valence-electron chi connectivity index (χ1n) is 8.72. The molecule has 5 nitrogen and oxygen atoms in total. The van der Waals surface area contributed by atoms with Crippen LogP contribution in [0, 0.1) is 6.92 Å². The van der Waals surface area contributed by atoms with Gasteiger partial charge in [0.05, 0.1) is 21.3 Å². The standard InChI is InChI=1S/C21H26N2O3/c1-14-5-6-17-16(13-23-18(17)9-14)7-8-22-12-15-10-19(24-2)21(26-4)20(11-15)25-3/h5-6,9-11,13,22-23H,7-8,12H2,1-4H3. The van der Waals surface area contributed by atoms with Crippen molar-refractivity contribution in [1.82, 2.24) is 10.3 Å². The molecule has 1 heterocycles. The van der Waals surface area contributed by atoms with E-state index >= 15 is 0 Å². The average molecular weight is 354 g/mol. The summed E-state index contributed by atoms with van der Waals surface area (Å²) in [5.74, 6) is 1.97. The Kier molecular flexibility index (Phi) is 5.68. The van der Waals surface area contributed by atoms with E-state index in [-0.39, 0.29) is 0 Å². The summed E-state index contributed by atoms with van der Waals surface area (Å²) >= 11 is 0. The third-order valence-corrected chi connectivity index (χ3v) is 4.55. The maximum atomic E-state index is 5.41. The van der Waals surface area contributed by atoms with E-state index < -0.39 is 0 Å². The zero-order valence-corrected chi connectivity index (χ0v) is 15.8. The maximum Gasteiger partial charge on any atom is 0.203 e. The fraction of sp³-hybridized carbons (Fsp3) is 0.333. The summed E-state index contributed by atoms with van der Waals surface area (Å²) < 4.78 is 16.2. The molecule has 2 aromatic carbocycles. The fourth-order valence-corrected chi connectivity index (χ4v) is 3.20. The van der Waals surface area contributed by atoms with Crippen molar-refractivity contribution in [3.63, 3.8) is 0 Å². The highest BCUT2D eigenvalue weighted by atomic mass is 16.5. The van der Waals surface area contributed by atoms with Crippen LogP contribution in [-0.2, 0) is 13.0 Å². The summed E-state index contributed by atoms with van der Waals surface area (Å²) in [6, 6.07) is 10.5. The van der Waals surface area contributed by atoms with Gasteiger partial charge < -0.3 is 24.5 Å². The normalized spacial score (nSPS) is 10.9. The molecule has 0 amide bonds. The molecule has 138 valence electrons. The predicted molar refractivity (Wildman–Crippen MR) is 105 cm³/mol. The van der Waals surface area contributed by atoms with Gasteiger partial charge in [-0.15, -0.1) is 0 Å². The van der Waals surface area contributed by atoms with Crippen LogP contribution in [0.3, 0.4) is 0 Å². The minimum Gasteiger partial charge on any atom is -0.493 e.